The molecule has 1 aromatic heterocycles. The van der Waals surface area contributed by atoms with E-state index >= 15 is 0 Å². The molecule has 0 radical (unpaired) electrons. The number of hydrogen-bond donors (Lipinski definition) is 3. The van der Waals surface area contributed by atoms with Crippen LogP contribution >= 0.6 is 11.3 Å². The number of nitrogens with two attached hydrogens (primary N) is 1. The molecule has 3 rings (SSSR count). The van der Waals surface area contributed by atoms with Gasteiger partial charge in [-0.1, -0.05) is 26.0 Å². The number of fused-ring (bicyclic) bond motifs is 1. The summed E-state index contributed by atoms with van der Waals surface area (Å²) in [6, 6.07) is 6.00. The van der Waals surface area contributed by atoms with E-state index in [-0.39, 0.29) is 23.5 Å². The minimum Gasteiger partial charge on any atom is -0.397 e. The van der Waals surface area contributed by atoms with Crippen molar-refractivity contribution in [1.29, 1.82) is 0 Å². The third kappa shape index (κ3) is 2.21. The standard InChI is InChI=1S/C16H20N2O2S/c1-8-4-5-9-10(6-8)21-14(13(9)17)15(20)18-11-7-12(19)16(11,2)3/h4-6,11-12,19H,7,17H2,1-3H3,(H,18,20). The molecule has 0 bridgehead atoms. The van der Waals surface area contributed by atoms with Gasteiger partial charge in [-0.05, 0) is 25.0 Å². The number of amides is 1. The summed E-state index contributed by atoms with van der Waals surface area (Å²) in [7, 11) is 0. The SMILES string of the molecule is Cc1ccc2c(N)c(C(=O)NC3CC(O)C3(C)C)sc2c1. The number of carbonyl (C=O) groups excluding carboxylic acids is 1. The monoisotopic (exact) mass is 304 g/mol. The first kappa shape index (κ1) is 14.4. The van der Waals surface area contributed by atoms with Gasteiger partial charge in [0.15, 0.2) is 0 Å². The molecule has 1 amide bonds. The number of thiophene rings is 1. The van der Waals surface area contributed by atoms with E-state index in [1.807, 2.05) is 39.0 Å². The summed E-state index contributed by atoms with van der Waals surface area (Å²) in [5.74, 6) is -0.142. The number of rotatable bonds is 2. The highest BCUT2D eigenvalue weighted by Crippen LogP contribution is 2.41. The molecule has 1 saturated carbocycles. The maximum atomic E-state index is 12.5. The van der Waals surface area contributed by atoms with E-state index in [1.165, 1.54) is 11.3 Å². The molecule has 21 heavy (non-hydrogen) atoms. The molecular formula is C16H20N2O2S. The number of anilines is 1. The normalized spacial score (nSPS) is 23.8. The predicted molar refractivity (Wildman–Crippen MR) is 86.6 cm³/mol. The summed E-state index contributed by atoms with van der Waals surface area (Å²) in [4.78, 5) is 13.0. The summed E-state index contributed by atoms with van der Waals surface area (Å²) in [6.45, 7) is 5.95. The number of aryl methyl sites for hydroxylation is 1. The maximum absolute atomic E-state index is 12.5. The lowest BCUT2D eigenvalue weighted by Gasteiger charge is -2.49. The quantitative estimate of drug-likeness (QED) is 0.798. The zero-order chi connectivity index (χ0) is 15.4. The molecule has 2 atom stereocenters. The van der Waals surface area contributed by atoms with E-state index in [0.29, 0.717) is 17.0 Å². The fraction of sp³-hybridized carbons (Fsp3) is 0.438. The van der Waals surface area contributed by atoms with Crippen molar-refractivity contribution in [2.24, 2.45) is 5.41 Å². The van der Waals surface area contributed by atoms with Crippen molar-refractivity contribution >= 4 is 33.0 Å². The van der Waals surface area contributed by atoms with Crippen molar-refractivity contribution in [2.45, 2.75) is 39.3 Å². The second kappa shape index (κ2) is 4.71. The highest BCUT2D eigenvalue weighted by Gasteiger charge is 2.48. The Morgan fingerprint density at radius 2 is 2.19 bits per heavy atom. The Morgan fingerprint density at radius 3 is 2.81 bits per heavy atom. The van der Waals surface area contributed by atoms with E-state index in [4.69, 9.17) is 5.73 Å². The molecule has 1 fully saturated rings. The smallest absolute Gasteiger partial charge is 0.263 e. The summed E-state index contributed by atoms with van der Waals surface area (Å²) in [5, 5.41) is 13.7. The molecule has 4 N–H and O–H groups in total. The van der Waals surface area contributed by atoms with Crippen LogP contribution in [0.5, 0.6) is 0 Å². The van der Waals surface area contributed by atoms with Crippen LogP contribution in [0.2, 0.25) is 0 Å². The van der Waals surface area contributed by atoms with Crippen LogP contribution < -0.4 is 11.1 Å². The average molecular weight is 304 g/mol. The van der Waals surface area contributed by atoms with E-state index in [1.54, 1.807) is 0 Å². The van der Waals surface area contributed by atoms with E-state index in [0.717, 1.165) is 15.6 Å². The van der Waals surface area contributed by atoms with Gasteiger partial charge in [-0.15, -0.1) is 11.3 Å². The molecule has 1 aliphatic rings. The largest absolute Gasteiger partial charge is 0.397 e. The molecular weight excluding hydrogens is 284 g/mol. The van der Waals surface area contributed by atoms with Gasteiger partial charge in [-0.25, -0.2) is 0 Å². The zero-order valence-corrected chi connectivity index (χ0v) is 13.3. The number of aliphatic hydroxyl groups is 1. The first-order valence-electron chi connectivity index (χ1n) is 7.08. The molecule has 2 aromatic rings. The van der Waals surface area contributed by atoms with E-state index in [9.17, 15) is 9.90 Å². The predicted octanol–water partition coefficient (Wildman–Crippen LogP) is 2.68. The van der Waals surface area contributed by atoms with Crippen LogP contribution in [0.4, 0.5) is 5.69 Å². The molecule has 1 aromatic carbocycles. The first-order valence-corrected chi connectivity index (χ1v) is 7.90. The van der Waals surface area contributed by atoms with Gasteiger partial charge in [-0.2, -0.15) is 0 Å². The van der Waals surface area contributed by atoms with E-state index in [2.05, 4.69) is 5.32 Å². The van der Waals surface area contributed by atoms with Gasteiger partial charge < -0.3 is 16.2 Å². The Morgan fingerprint density at radius 1 is 1.48 bits per heavy atom. The molecule has 112 valence electrons. The Bertz CT molecular complexity index is 720. The average Bonchev–Trinajstić information content (AvgIpc) is 2.75. The van der Waals surface area contributed by atoms with Gasteiger partial charge in [0.1, 0.15) is 4.88 Å². The Labute approximate surface area is 128 Å². The van der Waals surface area contributed by atoms with Gasteiger partial charge in [0.2, 0.25) is 0 Å². The van der Waals surface area contributed by atoms with Crippen molar-refractivity contribution in [1.82, 2.24) is 5.32 Å². The van der Waals surface area contributed by atoms with Gasteiger partial charge in [0.05, 0.1) is 11.8 Å². The van der Waals surface area contributed by atoms with Crippen LogP contribution in [0.15, 0.2) is 18.2 Å². The molecule has 0 spiro atoms. The number of nitrogens with one attached hydrogen (secondary N) is 1. The Balaban J connectivity index is 1.87. The lowest BCUT2D eigenvalue weighted by Crippen LogP contribution is -2.61. The lowest BCUT2D eigenvalue weighted by atomic mass is 9.64. The van der Waals surface area contributed by atoms with Gasteiger partial charge in [0.25, 0.3) is 5.91 Å². The minimum absolute atomic E-state index is 0.00801. The molecule has 4 nitrogen and oxygen atoms in total. The van der Waals surface area contributed by atoms with Crippen molar-refractivity contribution in [3.8, 4) is 0 Å². The number of hydrogen-bond acceptors (Lipinski definition) is 4. The number of benzene rings is 1. The minimum atomic E-state index is -0.356. The van der Waals surface area contributed by atoms with Crippen molar-refractivity contribution < 1.29 is 9.90 Å². The lowest BCUT2D eigenvalue weighted by molar-refractivity contribution is -0.0689. The second-order valence-electron chi connectivity index (χ2n) is 6.44. The highest BCUT2D eigenvalue weighted by atomic mass is 32.1. The molecule has 2 unspecified atom stereocenters. The number of aliphatic hydroxyl groups excluding tert-OH is 1. The summed E-state index contributed by atoms with van der Waals surface area (Å²) < 4.78 is 1.03. The Hall–Kier alpha value is -1.59. The zero-order valence-electron chi connectivity index (χ0n) is 12.4. The third-order valence-electron chi connectivity index (χ3n) is 4.61. The topological polar surface area (TPSA) is 75.4 Å². The van der Waals surface area contributed by atoms with Crippen LogP contribution in [0.25, 0.3) is 10.1 Å². The van der Waals surface area contributed by atoms with Crippen molar-refractivity contribution in [3.63, 3.8) is 0 Å². The first-order chi connectivity index (χ1) is 9.80. The maximum Gasteiger partial charge on any atom is 0.263 e. The second-order valence-corrected chi connectivity index (χ2v) is 7.50. The van der Waals surface area contributed by atoms with Crippen molar-refractivity contribution in [2.75, 3.05) is 5.73 Å². The number of carbonyl (C=O) groups is 1. The Kier molecular flexibility index (Phi) is 3.22. The summed E-state index contributed by atoms with van der Waals surface area (Å²) in [5.41, 5.74) is 7.54. The van der Waals surface area contributed by atoms with Gasteiger partial charge in [-0.3, -0.25) is 4.79 Å². The summed E-state index contributed by atoms with van der Waals surface area (Å²) in [6.07, 6.45) is 0.244. The fourth-order valence-corrected chi connectivity index (χ4v) is 3.89. The highest BCUT2D eigenvalue weighted by molar-refractivity contribution is 7.21. The molecule has 5 heteroatoms. The van der Waals surface area contributed by atoms with Crippen LogP contribution in [0.3, 0.4) is 0 Å². The molecule has 0 saturated heterocycles. The molecule has 1 heterocycles. The van der Waals surface area contributed by atoms with Gasteiger partial charge in [0, 0.05) is 21.5 Å². The molecule has 0 aliphatic heterocycles. The van der Waals surface area contributed by atoms with Gasteiger partial charge >= 0.3 is 0 Å². The van der Waals surface area contributed by atoms with E-state index < -0.39 is 0 Å². The summed E-state index contributed by atoms with van der Waals surface area (Å²) >= 11 is 1.42. The third-order valence-corrected chi connectivity index (χ3v) is 5.78. The van der Waals surface area contributed by atoms with Crippen molar-refractivity contribution in [3.05, 3.63) is 28.6 Å². The van der Waals surface area contributed by atoms with Crippen LogP contribution in [0.1, 0.15) is 35.5 Å². The number of nitrogen functional groups attached to an aromatic ring is 1. The van der Waals surface area contributed by atoms with Crippen LogP contribution in [0, 0.1) is 12.3 Å². The van der Waals surface area contributed by atoms with Crippen LogP contribution in [-0.4, -0.2) is 23.2 Å². The van der Waals surface area contributed by atoms with Crippen LogP contribution in [-0.2, 0) is 0 Å². The molecule has 1 aliphatic carbocycles. The fourth-order valence-electron chi connectivity index (χ4n) is 2.76.